The molecule has 0 aliphatic carbocycles. The molecule has 1 atom stereocenters. The minimum atomic E-state index is -0.937. The maximum atomic E-state index is 12.3. The molecule has 0 saturated carbocycles. The predicted octanol–water partition coefficient (Wildman–Crippen LogP) is 3.14. The highest BCUT2D eigenvalue weighted by Crippen LogP contribution is 2.23. The van der Waals surface area contributed by atoms with Crippen LogP contribution in [0.1, 0.15) is 18.1 Å². The summed E-state index contributed by atoms with van der Waals surface area (Å²) in [6, 6.07) is 11.0. The van der Waals surface area contributed by atoms with E-state index in [1.807, 2.05) is 26.0 Å². The van der Waals surface area contributed by atoms with Crippen LogP contribution < -0.4 is 11.0 Å². The van der Waals surface area contributed by atoms with Crippen molar-refractivity contribution < 1.29 is 14.3 Å². The van der Waals surface area contributed by atoms with Crippen LogP contribution in [0.4, 0.5) is 5.69 Å². The van der Waals surface area contributed by atoms with Crippen LogP contribution in [0.5, 0.6) is 0 Å². The zero-order chi connectivity index (χ0) is 20.3. The molecule has 0 spiro atoms. The Kier molecular flexibility index (Phi) is 5.89. The number of imidazole rings is 1. The molecule has 3 rings (SSSR count). The largest absolute Gasteiger partial charge is 0.452 e. The van der Waals surface area contributed by atoms with Crippen molar-refractivity contribution in [2.24, 2.45) is 0 Å². The number of aryl methyl sites for hydroxylation is 2. The second-order valence-electron chi connectivity index (χ2n) is 6.52. The van der Waals surface area contributed by atoms with E-state index in [0.29, 0.717) is 16.7 Å². The molecule has 0 saturated heterocycles. The van der Waals surface area contributed by atoms with E-state index in [9.17, 15) is 14.4 Å². The number of carbonyl (C=O) groups excluding carboxylic acids is 2. The number of anilines is 1. The molecule has 0 unspecified atom stereocenters. The molecule has 28 heavy (non-hydrogen) atoms. The lowest BCUT2D eigenvalue weighted by Gasteiger charge is -2.14. The maximum Gasteiger partial charge on any atom is 0.323 e. The standard InChI is InChI=1S/C20H21N3O4S/c1-11-4-7-17(12(2)8-11)28-10-18(24)27-13(3)19(25)21-14-5-6-15-16(9-14)23-20(26)22-15/h4-9,13H,10H2,1-3H3,(H,21,25)(H2,22,23,26)/t13-/m1/s1. The first kappa shape index (κ1) is 19.8. The zero-order valence-electron chi connectivity index (χ0n) is 15.8. The van der Waals surface area contributed by atoms with Gasteiger partial charge in [-0.05, 0) is 50.6 Å². The Morgan fingerprint density at radius 3 is 2.61 bits per heavy atom. The molecule has 0 aliphatic rings. The number of esters is 1. The molecule has 0 fully saturated rings. The lowest BCUT2D eigenvalue weighted by atomic mass is 10.2. The molecular formula is C20H21N3O4S. The number of H-pyrrole nitrogens is 2. The molecule has 0 bridgehead atoms. The highest BCUT2D eigenvalue weighted by atomic mass is 32.2. The Balaban J connectivity index is 1.53. The number of aromatic nitrogens is 2. The first-order valence-corrected chi connectivity index (χ1v) is 9.73. The molecular weight excluding hydrogens is 378 g/mol. The molecule has 0 aliphatic heterocycles. The Morgan fingerprint density at radius 2 is 1.86 bits per heavy atom. The van der Waals surface area contributed by atoms with Crippen LogP contribution in [0.3, 0.4) is 0 Å². The summed E-state index contributed by atoms with van der Waals surface area (Å²) in [5.74, 6) is -0.780. The summed E-state index contributed by atoms with van der Waals surface area (Å²) in [6.45, 7) is 5.53. The molecule has 1 heterocycles. The summed E-state index contributed by atoms with van der Waals surface area (Å²) >= 11 is 1.38. The molecule has 1 amide bonds. The molecule has 2 aromatic carbocycles. The van der Waals surface area contributed by atoms with Crippen molar-refractivity contribution in [3.63, 3.8) is 0 Å². The van der Waals surface area contributed by atoms with Crippen LogP contribution in [0, 0.1) is 13.8 Å². The van der Waals surface area contributed by atoms with Crippen LogP contribution in [0.15, 0.2) is 46.1 Å². The van der Waals surface area contributed by atoms with Gasteiger partial charge in [-0.3, -0.25) is 9.59 Å². The molecule has 8 heteroatoms. The zero-order valence-corrected chi connectivity index (χ0v) is 16.6. The SMILES string of the molecule is Cc1ccc(SCC(=O)O[C@H](C)C(=O)Nc2ccc3[nH]c(=O)[nH]c3c2)c(C)c1. The lowest BCUT2D eigenvalue weighted by Crippen LogP contribution is -2.30. The van der Waals surface area contributed by atoms with E-state index in [4.69, 9.17) is 4.74 Å². The monoisotopic (exact) mass is 399 g/mol. The van der Waals surface area contributed by atoms with E-state index in [1.54, 1.807) is 18.2 Å². The predicted molar refractivity (Wildman–Crippen MR) is 110 cm³/mol. The van der Waals surface area contributed by atoms with Gasteiger partial charge in [-0.15, -0.1) is 11.8 Å². The number of nitrogens with one attached hydrogen (secondary N) is 3. The minimum absolute atomic E-state index is 0.123. The topological polar surface area (TPSA) is 104 Å². The second kappa shape index (κ2) is 8.35. The number of rotatable bonds is 6. The average molecular weight is 399 g/mol. The van der Waals surface area contributed by atoms with Gasteiger partial charge >= 0.3 is 11.7 Å². The van der Waals surface area contributed by atoms with Crippen LogP contribution >= 0.6 is 11.8 Å². The van der Waals surface area contributed by atoms with Crippen molar-refractivity contribution >= 4 is 40.4 Å². The Morgan fingerprint density at radius 1 is 1.11 bits per heavy atom. The van der Waals surface area contributed by atoms with Gasteiger partial charge in [0.1, 0.15) is 0 Å². The first-order valence-electron chi connectivity index (χ1n) is 8.74. The number of amides is 1. The van der Waals surface area contributed by atoms with Gasteiger partial charge in [0, 0.05) is 10.6 Å². The highest BCUT2D eigenvalue weighted by molar-refractivity contribution is 8.00. The summed E-state index contributed by atoms with van der Waals surface area (Å²) in [6.07, 6.45) is -0.937. The van der Waals surface area contributed by atoms with E-state index < -0.39 is 18.0 Å². The Labute approximate surface area is 165 Å². The van der Waals surface area contributed by atoms with Gasteiger partial charge in [-0.1, -0.05) is 17.7 Å². The van der Waals surface area contributed by atoms with E-state index >= 15 is 0 Å². The molecule has 7 nitrogen and oxygen atoms in total. The average Bonchev–Trinajstić information content (AvgIpc) is 3.00. The minimum Gasteiger partial charge on any atom is -0.452 e. The number of ether oxygens (including phenoxy) is 1. The molecule has 146 valence electrons. The van der Waals surface area contributed by atoms with Gasteiger partial charge < -0.3 is 20.0 Å². The van der Waals surface area contributed by atoms with Crippen LogP contribution in [-0.2, 0) is 14.3 Å². The number of hydrogen-bond donors (Lipinski definition) is 3. The summed E-state index contributed by atoms with van der Waals surface area (Å²) in [5.41, 5.74) is 3.67. The van der Waals surface area contributed by atoms with E-state index in [-0.39, 0.29) is 11.4 Å². The van der Waals surface area contributed by atoms with Gasteiger partial charge in [0.25, 0.3) is 5.91 Å². The fraction of sp³-hybridized carbons (Fsp3) is 0.250. The fourth-order valence-electron chi connectivity index (χ4n) is 2.74. The van der Waals surface area contributed by atoms with Crippen LogP contribution in [0.2, 0.25) is 0 Å². The van der Waals surface area contributed by atoms with Gasteiger partial charge in [-0.25, -0.2) is 4.79 Å². The van der Waals surface area contributed by atoms with Crippen LogP contribution in [-0.4, -0.2) is 33.7 Å². The van der Waals surface area contributed by atoms with Crippen molar-refractivity contribution in [1.82, 2.24) is 9.97 Å². The number of benzene rings is 2. The Hall–Kier alpha value is -3.00. The van der Waals surface area contributed by atoms with E-state index in [1.165, 1.54) is 18.7 Å². The molecule has 3 N–H and O–H groups in total. The quantitative estimate of drug-likeness (QED) is 0.436. The summed E-state index contributed by atoms with van der Waals surface area (Å²) < 4.78 is 5.23. The fourth-order valence-corrected chi connectivity index (χ4v) is 3.53. The molecule has 0 radical (unpaired) electrons. The van der Waals surface area contributed by atoms with Crippen molar-refractivity contribution in [1.29, 1.82) is 0 Å². The van der Waals surface area contributed by atoms with Gasteiger partial charge in [0.2, 0.25) is 0 Å². The number of carbonyl (C=O) groups is 2. The normalized spacial score (nSPS) is 12.0. The van der Waals surface area contributed by atoms with Crippen molar-refractivity contribution in [3.05, 3.63) is 58.0 Å². The molecule has 3 aromatic rings. The third-order valence-electron chi connectivity index (χ3n) is 4.14. The first-order chi connectivity index (χ1) is 13.3. The Bertz CT molecular complexity index is 1090. The van der Waals surface area contributed by atoms with Crippen molar-refractivity contribution in [2.45, 2.75) is 31.8 Å². The second-order valence-corrected chi connectivity index (χ2v) is 7.54. The van der Waals surface area contributed by atoms with Crippen molar-refractivity contribution in [3.8, 4) is 0 Å². The summed E-state index contributed by atoms with van der Waals surface area (Å²) in [5, 5.41) is 2.68. The van der Waals surface area contributed by atoms with E-state index in [0.717, 1.165) is 16.0 Å². The summed E-state index contributed by atoms with van der Waals surface area (Å²) in [7, 11) is 0. The van der Waals surface area contributed by atoms with Gasteiger partial charge in [-0.2, -0.15) is 0 Å². The number of fused-ring (bicyclic) bond motifs is 1. The molecule has 1 aromatic heterocycles. The number of thioether (sulfide) groups is 1. The maximum absolute atomic E-state index is 12.3. The van der Waals surface area contributed by atoms with Crippen molar-refractivity contribution in [2.75, 3.05) is 11.1 Å². The van der Waals surface area contributed by atoms with Crippen LogP contribution in [0.25, 0.3) is 11.0 Å². The smallest absolute Gasteiger partial charge is 0.323 e. The number of aromatic amines is 2. The van der Waals surface area contributed by atoms with Gasteiger partial charge in [0.05, 0.1) is 16.8 Å². The third-order valence-corrected chi connectivity index (χ3v) is 5.29. The third kappa shape index (κ3) is 4.83. The highest BCUT2D eigenvalue weighted by Gasteiger charge is 2.18. The number of hydrogen-bond acceptors (Lipinski definition) is 5. The lowest BCUT2D eigenvalue weighted by molar-refractivity contribution is -0.150. The summed E-state index contributed by atoms with van der Waals surface area (Å²) in [4.78, 5) is 41.9. The van der Waals surface area contributed by atoms with Gasteiger partial charge in [0.15, 0.2) is 6.10 Å². The van der Waals surface area contributed by atoms with E-state index in [2.05, 4.69) is 21.4 Å².